The predicted octanol–water partition coefficient (Wildman–Crippen LogP) is 0.596. The Morgan fingerprint density at radius 2 is 2.38 bits per heavy atom. The number of aliphatic hydroxyl groups excluding tert-OH is 1. The van der Waals surface area contributed by atoms with Crippen LogP contribution in [0.4, 0.5) is 5.82 Å². The van der Waals surface area contributed by atoms with Crippen LogP contribution in [-0.2, 0) is 0 Å². The quantitative estimate of drug-likeness (QED) is 0.794. The van der Waals surface area contributed by atoms with Crippen LogP contribution in [0.1, 0.15) is 6.92 Å². The molecule has 1 N–H and O–H groups in total. The molecule has 0 saturated carbocycles. The third-order valence-corrected chi connectivity index (χ3v) is 2.47. The fourth-order valence-electron chi connectivity index (χ4n) is 1.55. The molecule has 2 aromatic heterocycles. The summed E-state index contributed by atoms with van der Waals surface area (Å²) in [7, 11) is 0. The van der Waals surface area contributed by atoms with E-state index in [1.807, 2.05) is 11.8 Å². The van der Waals surface area contributed by atoms with Gasteiger partial charge in [0.2, 0.25) is 0 Å². The largest absolute Gasteiger partial charge is 0.395 e. The lowest BCUT2D eigenvalue weighted by atomic mass is 10.4. The zero-order valence-electron chi connectivity index (χ0n) is 8.84. The van der Waals surface area contributed by atoms with E-state index < -0.39 is 0 Å². The Balaban J connectivity index is 2.52. The topological polar surface area (TPSA) is 66.5 Å². The molecule has 2 aromatic rings. The van der Waals surface area contributed by atoms with Gasteiger partial charge in [-0.15, -0.1) is 0 Å². The second kappa shape index (κ2) is 4.63. The monoisotopic (exact) mass is 241 g/mol. The van der Waals surface area contributed by atoms with E-state index in [9.17, 15) is 0 Å². The average Bonchev–Trinajstić information content (AvgIpc) is 2.72. The molecule has 0 spiro atoms. The van der Waals surface area contributed by atoms with Crippen LogP contribution in [0.2, 0.25) is 5.15 Å². The van der Waals surface area contributed by atoms with E-state index in [-0.39, 0.29) is 6.61 Å². The molecule has 0 bridgehead atoms. The number of anilines is 1. The van der Waals surface area contributed by atoms with Crippen molar-refractivity contribution in [2.45, 2.75) is 6.92 Å². The van der Waals surface area contributed by atoms with Crippen LogP contribution in [-0.4, -0.2) is 44.4 Å². The number of aromatic nitrogens is 4. The van der Waals surface area contributed by atoms with Crippen molar-refractivity contribution in [2.24, 2.45) is 0 Å². The van der Waals surface area contributed by atoms with Gasteiger partial charge in [0.25, 0.3) is 5.78 Å². The van der Waals surface area contributed by atoms with Gasteiger partial charge < -0.3 is 10.0 Å². The van der Waals surface area contributed by atoms with Crippen LogP contribution < -0.4 is 4.90 Å². The summed E-state index contributed by atoms with van der Waals surface area (Å²) in [6.45, 7) is 3.33. The van der Waals surface area contributed by atoms with Gasteiger partial charge in [-0.25, -0.2) is 0 Å². The number of hydrogen-bond donors (Lipinski definition) is 1. The highest BCUT2D eigenvalue weighted by Gasteiger charge is 2.11. The predicted molar refractivity (Wildman–Crippen MR) is 60.8 cm³/mol. The van der Waals surface area contributed by atoms with Gasteiger partial charge in [-0.05, 0) is 6.92 Å². The third-order valence-electron chi connectivity index (χ3n) is 2.28. The minimum atomic E-state index is 0.0734. The van der Waals surface area contributed by atoms with E-state index in [1.165, 1.54) is 6.33 Å². The number of fused-ring (bicyclic) bond motifs is 1. The summed E-state index contributed by atoms with van der Waals surface area (Å²) in [6, 6.07) is 1.71. The summed E-state index contributed by atoms with van der Waals surface area (Å²) >= 11 is 5.90. The van der Waals surface area contributed by atoms with E-state index >= 15 is 0 Å². The fraction of sp³-hybridized carbons (Fsp3) is 0.444. The third kappa shape index (κ3) is 1.94. The van der Waals surface area contributed by atoms with Crippen LogP contribution in [0.25, 0.3) is 5.78 Å². The van der Waals surface area contributed by atoms with Gasteiger partial charge in [0, 0.05) is 19.2 Å². The molecule has 0 unspecified atom stereocenters. The van der Waals surface area contributed by atoms with E-state index in [1.54, 1.807) is 10.6 Å². The first-order chi connectivity index (χ1) is 7.76. The first kappa shape index (κ1) is 11.1. The fourth-order valence-corrected chi connectivity index (χ4v) is 1.72. The number of aliphatic hydroxyl groups is 1. The Kier molecular flexibility index (Phi) is 3.21. The van der Waals surface area contributed by atoms with Crippen molar-refractivity contribution in [1.29, 1.82) is 0 Å². The Morgan fingerprint density at radius 3 is 3.06 bits per heavy atom. The molecule has 0 atom stereocenters. The molecule has 2 heterocycles. The molecule has 2 rings (SSSR count). The van der Waals surface area contributed by atoms with Crippen LogP contribution in [0, 0.1) is 0 Å². The van der Waals surface area contributed by atoms with Gasteiger partial charge in [-0.1, -0.05) is 11.6 Å². The molecule has 0 fully saturated rings. The lowest BCUT2D eigenvalue weighted by Crippen LogP contribution is -2.28. The molecule has 0 aliphatic heterocycles. The maximum absolute atomic E-state index is 8.99. The Labute approximate surface area is 97.5 Å². The van der Waals surface area contributed by atoms with Crippen molar-refractivity contribution in [3.63, 3.8) is 0 Å². The van der Waals surface area contributed by atoms with Crippen LogP contribution in [0.3, 0.4) is 0 Å². The van der Waals surface area contributed by atoms with Gasteiger partial charge >= 0.3 is 0 Å². The number of rotatable bonds is 4. The lowest BCUT2D eigenvalue weighted by molar-refractivity contribution is 0.302. The summed E-state index contributed by atoms with van der Waals surface area (Å²) in [5.74, 6) is 1.24. The lowest BCUT2D eigenvalue weighted by Gasteiger charge is -2.21. The summed E-state index contributed by atoms with van der Waals surface area (Å²) in [4.78, 5) is 9.98. The number of nitrogens with zero attached hydrogens (tertiary/aromatic N) is 5. The molecule has 0 amide bonds. The molecule has 86 valence electrons. The molecule has 0 aliphatic rings. The molecular weight excluding hydrogens is 230 g/mol. The summed E-state index contributed by atoms with van der Waals surface area (Å²) in [5.41, 5.74) is 0. The van der Waals surface area contributed by atoms with E-state index in [4.69, 9.17) is 16.7 Å². The van der Waals surface area contributed by atoms with Crippen LogP contribution in [0.15, 0.2) is 12.4 Å². The normalized spacial score (nSPS) is 10.9. The SMILES string of the molecule is CCN(CCO)c1cc(Cl)nc2ncnn12. The summed E-state index contributed by atoms with van der Waals surface area (Å²) in [5, 5.41) is 13.4. The maximum Gasteiger partial charge on any atom is 0.255 e. The summed E-state index contributed by atoms with van der Waals surface area (Å²) in [6.07, 6.45) is 1.43. The Bertz CT molecular complexity index is 486. The zero-order valence-corrected chi connectivity index (χ0v) is 9.59. The van der Waals surface area contributed by atoms with E-state index in [2.05, 4.69) is 15.1 Å². The van der Waals surface area contributed by atoms with Crippen molar-refractivity contribution >= 4 is 23.2 Å². The number of hydrogen-bond acceptors (Lipinski definition) is 5. The van der Waals surface area contributed by atoms with Crippen molar-refractivity contribution in [1.82, 2.24) is 19.6 Å². The molecule has 7 heteroatoms. The van der Waals surface area contributed by atoms with Gasteiger partial charge in [-0.2, -0.15) is 19.6 Å². The molecule has 0 radical (unpaired) electrons. The minimum Gasteiger partial charge on any atom is -0.395 e. The van der Waals surface area contributed by atoms with Gasteiger partial charge in [0.1, 0.15) is 17.3 Å². The minimum absolute atomic E-state index is 0.0734. The Hall–Kier alpha value is -1.40. The highest BCUT2D eigenvalue weighted by molar-refractivity contribution is 6.29. The second-order valence-electron chi connectivity index (χ2n) is 3.21. The van der Waals surface area contributed by atoms with Gasteiger partial charge in [0.15, 0.2) is 0 Å². The Morgan fingerprint density at radius 1 is 1.56 bits per heavy atom. The van der Waals surface area contributed by atoms with Crippen molar-refractivity contribution in [3.05, 3.63) is 17.5 Å². The van der Waals surface area contributed by atoms with E-state index in [0.717, 1.165) is 12.4 Å². The highest BCUT2D eigenvalue weighted by Crippen LogP contribution is 2.18. The van der Waals surface area contributed by atoms with Gasteiger partial charge in [0.05, 0.1) is 6.61 Å². The zero-order chi connectivity index (χ0) is 11.5. The molecule has 0 saturated heterocycles. The molecule has 0 aromatic carbocycles. The molecule has 16 heavy (non-hydrogen) atoms. The summed E-state index contributed by atoms with van der Waals surface area (Å²) < 4.78 is 1.60. The van der Waals surface area contributed by atoms with Gasteiger partial charge in [-0.3, -0.25) is 0 Å². The smallest absolute Gasteiger partial charge is 0.255 e. The number of likely N-dealkylation sites (N-methyl/N-ethyl adjacent to an activating group) is 1. The number of halogens is 1. The second-order valence-corrected chi connectivity index (χ2v) is 3.60. The van der Waals surface area contributed by atoms with Crippen molar-refractivity contribution in [2.75, 3.05) is 24.6 Å². The van der Waals surface area contributed by atoms with E-state index in [0.29, 0.717) is 17.5 Å². The molecular formula is C9H12ClN5O. The van der Waals surface area contributed by atoms with Crippen LogP contribution >= 0.6 is 11.6 Å². The first-order valence-corrected chi connectivity index (χ1v) is 5.36. The average molecular weight is 242 g/mol. The van der Waals surface area contributed by atoms with Crippen LogP contribution in [0.5, 0.6) is 0 Å². The maximum atomic E-state index is 8.99. The van der Waals surface area contributed by atoms with Crippen molar-refractivity contribution in [3.8, 4) is 0 Å². The molecule has 0 aliphatic carbocycles. The first-order valence-electron chi connectivity index (χ1n) is 4.98. The highest BCUT2D eigenvalue weighted by atomic mass is 35.5. The standard InChI is InChI=1S/C9H12ClN5O/c1-2-14(3-4-16)8-5-7(10)13-9-11-6-12-15(8)9/h5-6,16H,2-4H2,1H3. The molecule has 6 nitrogen and oxygen atoms in total. The van der Waals surface area contributed by atoms with Crippen molar-refractivity contribution < 1.29 is 5.11 Å².